The summed E-state index contributed by atoms with van der Waals surface area (Å²) >= 11 is 0. The number of aliphatic carboxylic acids is 1. The summed E-state index contributed by atoms with van der Waals surface area (Å²) in [6.45, 7) is 6.23. The normalized spacial score (nSPS) is 39.6. The number of H-pyrrole nitrogens is 1. The maximum atomic E-state index is 12.7. The molecular weight excluding hydrogens is 530 g/mol. The van der Waals surface area contributed by atoms with Crippen LogP contribution < -0.4 is 5.32 Å². The summed E-state index contributed by atoms with van der Waals surface area (Å²) in [6.07, 6.45) is 8.83. The minimum atomic E-state index is -1.27. The van der Waals surface area contributed by atoms with Gasteiger partial charge in [0.05, 0.1) is 36.8 Å². The molecule has 4 bridgehead atoms. The largest absolute Gasteiger partial charge is 0.481 e. The summed E-state index contributed by atoms with van der Waals surface area (Å²) in [4.78, 5) is 40.3. The molecule has 8 rings (SSSR count). The van der Waals surface area contributed by atoms with Gasteiger partial charge in [0.2, 0.25) is 0 Å². The van der Waals surface area contributed by atoms with E-state index in [9.17, 15) is 24.9 Å². The fourth-order valence-electron chi connectivity index (χ4n) is 8.62. The topological polar surface area (TPSA) is 184 Å². The third-order valence-corrected chi connectivity index (χ3v) is 10.4. The van der Waals surface area contributed by atoms with Crippen molar-refractivity contribution in [1.29, 1.82) is 0 Å². The van der Waals surface area contributed by atoms with E-state index in [-0.39, 0.29) is 5.92 Å². The molecule has 41 heavy (non-hydrogen) atoms. The third-order valence-electron chi connectivity index (χ3n) is 10.4. The van der Waals surface area contributed by atoms with Crippen LogP contribution in [0.25, 0.3) is 11.2 Å². The lowest BCUT2D eigenvalue weighted by molar-refractivity contribution is -0.163. The second-order valence-electron chi connectivity index (χ2n) is 12.2. The molecule has 1 spiro atoms. The molecule has 4 aliphatic carbocycles. The van der Waals surface area contributed by atoms with Crippen molar-refractivity contribution in [2.45, 2.75) is 56.5 Å². The molecule has 1 aliphatic heterocycles. The SMILES string of the molecule is C=C1C[C@]23C[C@@]1(O)CC[C@H]2[C@@]12C=C[C@H](O)[C@](C)(C(=O)O1)[C@H]2[C@@H]3C(=O)O.c1coc(CNc2ncnc3nc[nH]c23)c1. The zero-order valence-electron chi connectivity index (χ0n) is 22.4. The summed E-state index contributed by atoms with van der Waals surface area (Å²) in [6, 6.07) is 3.75. The number of hydrogen-bond acceptors (Lipinski definition) is 10. The van der Waals surface area contributed by atoms with Gasteiger partial charge in [0.25, 0.3) is 0 Å². The van der Waals surface area contributed by atoms with Gasteiger partial charge in [0, 0.05) is 11.8 Å². The fraction of sp³-hybridized carbons (Fsp3) is 0.483. The van der Waals surface area contributed by atoms with Crippen LogP contribution in [0.3, 0.4) is 0 Å². The molecule has 0 aromatic carbocycles. The van der Waals surface area contributed by atoms with Gasteiger partial charge in [-0.15, -0.1) is 0 Å². The molecule has 3 aromatic rings. The number of aliphatic hydroxyl groups is 2. The average molecular weight is 562 g/mol. The van der Waals surface area contributed by atoms with Crippen LogP contribution >= 0.6 is 0 Å². The van der Waals surface area contributed by atoms with Crippen molar-refractivity contribution in [2.24, 2.45) is 28.6 Å². The van der Waals surface area contributed by atoms with Gasteiger partial charge in [0.1, 0.15) is 28.6 Å². The van der Waals surface area contributed by atoms with E-state index in [1.54, 1.807) is 31.7 Å². The number of nitrogens with zero attached hydrogens (tertiary/aromatic N) is 3. The summed E-state index contributed by atoms with van der Waals surface area (Å²) in [5, 5.41) is 34.8. The van der Waals surface area contributed by atoms with Crippen molar-refractivity contribution >= 4 is 28.9 Å². The molecule has 0 amide bonds. The highest BCUT2D eigenvalue weighted by molar-refractivity contribution is 5.86. The zero-order chi connectivity index (χ0) is 28.8. The quantitative estimate of drug-likeness (QED) is 0.233. The lowest BCUT2D eigenvalue weighted by Gasteiger charge is -2.44. The van der Waals surface area contributed by atoms with Gasteiger partial charge < -0.3 is 34.8 Å². The van der Waals surface area contributed by atoms with E-state index in [4.69, 9.17) is 9.15 Å². The number of aromatic nitrogens is 4. The molecule has 4 fully saturated rings. The first-order valence-corrected chi connectivity index (χ1v) is 13.7. The molecule has 5 aliphatic rings. The van der Waals surface area contributed by atoms with Gasteiger partial charge >= 0.3 is 11.9 Å². The minimum absolute atomic E-state index is 0.180. The van der Waals surface area contributed by atoms with E-state index < -0.39 is 51.9 Å². The maximum absolute atomic E-state index is 12.7. The zero-order valence-corrected chi connectivity index (χ0v) is 22.4. The van der Waals surface area contributed by atoms with Crippen molar-refractivity contribution in [3.63, 3.8) is 0 Å². The molecule has 0 unspecified atom stereocenters. The van der Waals surface area contributed by atoms with E-state index >= 15 is 0 Å². The number of ether oxygens (including phenoxy) is 1. The number of furan rings is 1. The summed E-state index contributed by atoms with van der Waals surface area (Å²) in [7, 11) is 0. The molecule has 1 saturated heterocycles. The van der Waals surface area contributed by atoms with Crippen LogP contribution in [-0.2, 0) is 20.9 Å². The van der Waals surface area contributed by atoms with Crippen molar-refractivity contribution < 1.29 is 34.1 Å². The average Bonchev–Trinajstić information content (AvgIpc) is 3.72. The van der Waals surface area contributed by atoms with Gasteiger partial charge in [-0.25, -0.2) is 15.0 Å². The molecule has 8 atom stereocenters. The predicted octanol–water partition coefficient (Wildman–Crippen LogP) is 2.59. The van der Waals surface area contributed by atoms with Crippen molar-refractivity contribution in [3.05, 3.63) is 61.1 Å². The molecule has 12 nitrogen and oxygen atoms in total. The van der Waals surface area contributed by atoms with E-state index in [0.29, 0.717) is 43.4 Å². The molecular formula is C29H31N5O7. The van der Waals surface area contributed by atoms with Gasteiger partial charge in [-0.2, -0.15) is 0 Å². The number of hydrogen-bond donors (Lipinski definition) is 5. The Morgan fingerprint density at radius 1 is 1.32 bits per heavy atom. The Kier molecular flexibility index (Phi) is 5.37. The van der Waals surface area contributed by atoms with Crippen molar-refractivity contribution in [3.8, 4) is 0 Å². The van der Waals surface area contributed by atoms with Crippen molar-refractivity contribution in [1.82, 2.24) is 19.9 Å². The predicted molar refractivity (Wildman–Crippen MR) is 143 cm³/mol. The number of carboxylic acids is 1. The van der Waals surface area contributed by atoms with Crippen LogP contribution in [0.2, 0.25) is 0 Å². The van der Waals surface area contributed by atoms with Gasteiger partial charge in [-0.3, -0.25) is 9.59 Å². The Morgan fingerprint density at radius 2 is 2.15 bits per heavy atom. The highest BCUT2D eigenvalue weighted by Gasteiger charge is 2.83. The molecule has 3 saturated carbocycles. The molecule has 0 radical (unpaired) electrons. The first kappa shape index (κ1) is 25.9. The fourth-order valence-corrected chi connectivity index (χ4v) is 8.62. The van der Waals surface area contributed by atoms with Gasteiger partial charge in [-0.05, 0) is 61.8 Å². The van der Waals surface area contributed by atoms with Gasteiger partial charge in [-0.1, -0.05) is 12.7 Å². The second-order valence-corrected chi connectivity index (χ2v) is 12.2. The molecule has 3 aromatic heterocycles. The van der Waals surface area contributed by atoms with Crippen LogP contribution in [0.5, 0.6) is 0 Å². The smallest absolute Gasteiger partial charge is 0.316 e. The summed E-state index contributed by atoms with van der Waals surface area (Å²) in [5.41, 5.74) is -1.84. The number of carboxylic acid groups (broad SMARTS) is 1. The lowest BCUT2D eigenvalue weighted by atomic mass is 9.61. The maximum Gasteiger partial charge on any atom is 0.316 e. The number of anilines is 1. The van der Waals surface area contributed by atoms with Crippen LogP contribution in [0.15, 0.2) is 59.8 Å². The standard InChI is InChI=1S/C19H22O6.C10H9N5O/c1-9-7-17-8-18(9,24)5-3-10(17)19-6-4-11(20)16(2,15(23)25-19)13(19)12(17)14(21)22;1-2-7(16-3-1)4-11-9-8-10(13-5-12-8)15-6-14-9/h4,6,10-13,20,24H,1,3,5,7-8H2,2H3,(H,21,22);1-3,5-6H,4H2,(H2,11,12,13,14,15)/t10-,11+,12-,13-,16+,17+,18+,19-;/m1./s1. The van der Waals surface area contributed by atoms with E-state index in [1.807, 2.05) is 12.1 Å². The number of carbonyl (C=O) groups is 2. The van der Waals surface area contributed by atoms with E-state index in [1.165, 1.54) is 6.33 Å². The number of fused-ring (bicyclic) bond motifs is 2. The third kappa shape index (κ3) is 3.31. The summed E-state index contributed by atoms with van der Waals surface area (Å²) < 4.78 is 11.1. The van der Waals surface area contributed by atoms with Crippen LogP contribution in [-0.4, -0.2) is 64.5 Å². The molecule has 214 valence electrons. The highest BCUT2D eigenvalue weighted by Crippen LogP contribution is 2.77. The monoisotopic (exact) mass is 561 g/mol. The number of imidazole rings is 1. The lowest BCUT2D eigenvalue weighted by Crippen LogP contribution is -2.50. The van der Waals surface area contributed by atoms with Gasteiger partial charge in [0.15, 0.2) is 11.5 Å². The Labute approximate surface area is 234 Å². The Bertz CT molecular complexity index is 1600. The molecule has 4 heterocycles. The first-order chi connectivity index (χ1) is 19.5. The molecule has 5 N–H and O–H groups in total. The van der Waals surface area contributed by atoms with E-state index in [0.717, 1.165) is 17.1 Å². The van der Waals surface area contributed by atoms with Crippen LogP contribution in [0.4, 0.5) is 5.82 Å². The number of aliphatic hydroxyl groups excluding tert-OH is 1. The minimum Gasteiger partial charge on any atom is -0.481 e. The second kappa shape index (κ2) is 8.49. The summed E-state index contributed by atoms with van der Waals surface area (Å²) in [5.74, 6) is -1.61. The first-order valence-electron chi connectivity index (χ1n) is 13.7. The Morgan fingerprint density at radius 3 is 2.90 bits per heavy atom. The Hall–Kier alpha value is -4.03. The number of aromatic amines is 1. The van der Waals surface area contributed by atoms with Crippen LogP contribution in [0.1, 0.15) is 38.4 Å². The molecule has 12 heteroatoms. The Balaban J connectivity index is 0.000000149. The highest BCUT2D eigenvalue weighted by atomic mass is 16.6. The number of carbonyl (C=O) groups excluding carboxylic acids is 1. The number of rotatable bonds is 4. The van der Waals surface area contributed by atoms with Crippen LogP contribution in [0, 0.1) is 28.6 Å². The van der Waals surface area contributed by atoms with Crippen molar-refractivity contribution in [2.75, 3.05) is 5.32 Å². The number of nitrogens with one attached hydrogen (secondary N) is 2. The number of esters is 1. The van der Waals surface area contributed by atoms with E-state index in [2.05, 4.69) is 31.8 Å².